The molecule has 1 fully saturated rings. The van der Waals surface area contributed by atoms with E-state index in [0.717, 1.165) is 23.4 Å². The smallest absolute Gasteiger partial charge is 0.258 e. The maximum Gasteiger partial charge on any atom is 0.258 e. The van der Waals surface area contributed by atoms with Crippen LogP contribution in [0, 0.1) is 0 Å². The number of carbonyl (C=O) groups excluding carboxylic acids is 2. The standard InChI is InChI=1S/C23H23ClN6O2/c1-27-15-17(12-26-27)22(31)29-8-6-28(7-9-29)19-11-20(14-25-13-19)30-5-4-16-10-18(24)2-3-21(16)23(30)32/h2-3,10-15H,4-9H2,1H3. The molecule has 0 saturated carbocycles. The number of piperazine rings is 1. The molecule has 0 spiro atoms. The van der Waals surface area contributed by atoms with E-state index in [0.29, 0.717) is 48.9 Å². The minimum atomic E-state index is -0.0336. The molecule has 1 saturated heterocycles. The van der Waals surface area contributed by atoms with Crippen molar-refractivity contribution in [3.05, 3.63) is 70.8 Å². The lowest BCUT2D eigenvalue weighted by atomic mass is 9.99. The number of anilines is 2. The Kier molecular flexibility index (Phi) is 5.30. The summed E-state index contributed by atoms with van der Waals surface area (Å²) in [6.45, 7) is 3.23. The van der Waals surface area contributed by atoms with Crippen molar-refractivity contribution in [1.82, 2.24) is 19.7 Å². The van der Waals surface area contributed by atoms with E-state index in [4.69, 9.17) is 11.6 Å². The first-order valence-electron chi connectivity index (χ1n) is 10.6. The van der Waals surface area contributed by atoms with Crippen LogP contribution in [0.1, 0.15) is 26.3 Å². The third-order valence-electron chi connectivity index (χ3n) is 6.05. The highest BCUT2D eigenvalue weighted by molar-refractivity contribution is 6.30. The number of halogens is 1. The van der Waals surface area contributed by atoms with Crippen molar-refractivity contribution in [2.24, 2.45) is 7.05 Å². The second kappa shape index (κ2) is 8.27. The van der Waals surface area contributed by atoms with Crippen LogP contribution in [0.4, 0.5) is 11.4 Å². The highest BCUT2D eigenvalue weighted by atomic mass is 35.5. The molecule has 0 bridgehead atoms. The van der Waals surface area contributed by atoms with Crippen LogP contribution in [0.2, 0.25) is 5.02 Å². The third kappa shape index (κ3) is 3.82. The Bertz CT molecular complexity index is 1180. The van der Waals surface area contributed by atoms with E-state index in [1.165, 1.54) is 0 Å². The molecule has 0 atom stereocenters. The Morgan fingerprint density at radius 1 is 1.00 bits per heavy atom. The van der Waals surface area contributed by atoms with Gasteiger partial charge >= 0.3 is 0 Å². The monoisotopic (exact) mass is 450 g/mol. The number of fused-ring (bicyclic) bond motifs is 1. The van der Waals surface area contributed by atoms with Gasteiger partial charge in [0.1, 0.15) is 0 Å². The zero-order chi connectivity index (χ0) is 22.2. The molecular formula is C23H23ClN6O2. The lowest BCUT2D eigenvalue weighted by Gasteiger charge is -2.36. The zero-order valence-corrected chi connectivity index (χ0v) is 18.5. The van der Waals surface area contributed by atoms with Crippen LogP contribution in [0.3, 0.4) is 0 Å². The minimum Gasteiger partial charge on any atom is -0.367 e. The SMILES string of the molecule is Cn1cc(C(=O)N2CCN(c3cncc(N4CCc5cc(Cl)ccc5C4=O)c3)CC2)cn1. The number of benzene rings is 1. The fourth-order valence-electron chi connectivity index (χ4n) is 4.32. The minimum absolute atomic E-state index is 0.00214. The topological polar surface area (TPSA) is 74.6 Å². The first kappa shape index (κ1) is 20.5. The van der Waals surface area contributed by atoms with Crippen LogP contribution < -0.4 is 9.80 Å². The molecule has 0 unspecified atom stereocenters. The molecule has 9 heteroatoms. The Balaban J connectivity index is 1.28. The summed E-state index contributed by atoms with van der Waals surface area (Å²) in [7, 11) is 1.80. The molecule has 5 rings (SSSR count). The summed E-state index contributed by atoms with van der Waals surface area (Å²) < 4.78 is 1.63. The van der Waals surface area contributed by atoms with Gasteiger partial charge in [0.25, 0.3) is 11.8 Å². The maximum atomic E-state index is 13.1. The predicted molar refractivity (Wildman–Crippen MR) is 122 cm³/mol. The Morgan fingerprint density at radius 2 is 1.78 bits per heavy atom. The maximum absolute atomic E-state index is 13.1. The second-order valence-electron chi connectivity index (χ2n) is 8.09. The van der Waals surface area contributed by atoms with Gasteiger partial charge < -0.3 is 14.7 Å². The number of aryl methyl sites for hydroxylation is 1. The summed E-state index contributed by atoms with van der Waals surface area (Å²) in [4.78, 5) is 35.9. The molecule has 1 aromatic carbocycles. The van der Waals surface area contributed by atoms with Crippen molar-refractivity contribution in [3.63, 3.8) is 0 Å². The molecule has 2 aromatic heterocycles. The molecule has 0 aliphatic carbocycles. The van der Waals surface area contributed by atoms with E-state index in [9.17, 15) is 9.59 Å². The summed E-state index contributed by atoms with van der Waals surface area (Å²) in [5, 5.41) is 4.73. The number of aromatic nitrogens is 3. The van der Waals surface area contributed by atoms with Crippen molar-refractivity contribution in [2.45, 2.75) is 6.42 Å². The van der Waals surface area contributed by atoms with E-state index in [1.807, 2.05) is 23.2 Å². The molecule has 32 heavy (non-hydrogen) atoms. The number of hydrogen-bond donors (Lipinski definition) is 0. The Morgan fingerprint density at radius 3 is 2.53 bits per heavy atom. The molecule has 3 aromatic rings. The van der Waals surface area contributed by atoms with Gasteiger partial charge in [0.15, 0.2) is 0 Å². The van der Waals surface area contributed by atoms with Crippen molar-refractivity contribution < 1.29 is 9.59 Å². The van der Waals surface area contributed by atoms with Crippen LogP contribution in [-0.2, 0) is 13.5 Å². The fourth-order valence-corrected chi connectivity index (χ4v) is 4.52. The second-order valence-corrected chi connectivity index (χ2v) is 8.53. The van der Waals surface area contributed by atoms with Gasteiger partial charge in [-0.15, -0.1) is 0 Å². The lowest BCUT2D eigenvalue weighted by molar-refractivity contribution is 0.0746. The van der Waals surface area contributed by atoms with Crippen LogP contribution in [0.25, 0.3) is 0 Å². The van der Waals surface area contributed by atoms with E-state index < -0.39 is 0 Å². The van der Waals surface area contributed by atoms with E-state index in [-0.39, 0.29) is 11.8 Å². The molecule has 4 heterocycles. The van der Waals surface area contributed by atoms with E-state index in [1.54, 1.807) is 47.4 Å². The molecule has 2 aliphatic rings. The van der Waals surface area contributed by atoms with Crippen LogP contribution in [0.5, 0.6) is 0 Å². The summed E-state index contributed by atoms with van der Waals surface area (Å²) >= 11 is 6.08. The predicted octanol–water partition coefficient (Wildman–Crippen LogP) is 2.63. The average Bonchev–Trinajstić information content (AvgIpc) is 3.25. The van der Waals surface area contributed by atoms with Crippen LogP contribution in [-0.4, -0.2) is 64.2 Å². The summed E-state index contributed by atoms with van der Waals surface area (Å²) in [6, 6.07) is 7.42. The van der Waals surface area contributed by atoms with Gasteiger partial charge in [-0.05, 0) is 36.2 Å². The number of nitrogens with zero attached hydrogens (tertiary/aromatic N) is 6. The van der Waals surface area contributed by atoms with Crippen LogP contribution in [0.15, 0.2) is 49.1 Å². The number of carbonyl (C=O) groups is 2. The van der Waals surface area contributed by atoms with Crippen molar-refractivity contribution in [3.8, 4) is 0 Å². The molecule has 164 valence electrons. The van der Waals surface area contributed by atoms with Crippen molar-refractivity contribution >= 4 is 34.8 Å². The van der Waals surface area contributed by atoms with Gasteiger partial charge in [-0.1, -0.05) is 11.6 Å². The molecule has 0 N–H and O–H groups in total. The molecule has 2 aliphatic heterocycles. The highest BCUT2D eigenvalue weighted by Crippen LogP contribution is 2.28. The first-order chi connectivity index (χ1) is 15.5. The van der Waals surface area contributed by atoms with Gasteiger partial charge in [0.2, 0.25) is 0 Å². The fraction of sp³-hybridized carbons (Fsp3) is 0.304. The summed E-state index contributed by atoms with van der Waals surface area (Å²) in [6.07, 6.45) is 7.63. The average molecular weight is 451 g/mol. The summed E-state index contributed by atoms with van der Waals surface area (Å²) in [5.74, 6) is -0.0314. The number of hydrogen-bond acceptors (Lipinski definition) is 5. The number of rotatable bonds is 3. The van der Waals surface area contributed by atoms with Gasteiger partial charge in [0.05, 0.1) is 35.5 Å². The lowest BCUT2D eigenvalue weighted by Crippen LogP contribution is -2.48. The Hall–Kier alpha value is -3.39. The molecule has 8 nitrogen and oxygen atoms in total. The van der Waals surface area contributed by atoms with E-state index in [2.05, 4.69) is 15.0 Å². The van der Waals surface area contributed by atoms with Crippen molar-refractivity contribution in [1.29, 1.82) is 0 Å². The number of pyridine rings is 1. The van der Waals surface area contributed by atoms with Crippen molar-refractivity contribution in [2.75, 3.05) is 42.5 Å². The third-order valence-corrected chi connectivity index (χ3v) is 6.29. The first-order valence-corrected chi connectivity index (χ1v) is 11.0. The zero-order valence-electron chi connectivity index (χ0n) is 17.7. The van der Waals surface area contributed by atoms with E-state index >= 15 is 0 Å². The summed E-state index contributed by atoms with van der Waals surface area (Å²) in [5.41, 5.74) is 4.01. The highest BCUT2D eigenvalue weighted by Gasteiger charge is 2.27. The molecule has 0 radical (unpaired) electrons. The molecule has 2 amide bonds. The van der Waals surface area contributed by atoms with Gasteiger partial charge in [-0.2, -0.15) is 5.10 Å². The normalized spacial score (nSPS) is 16.3. The van der Waals surface area contributed by atoms with Crippen LogP contribution >= 0.6 is 11.6 Å². The van der Waals surface area contributed by atoms with Gasteiger partial charge in [-0.3, -0.25) is 19.3 Å². The molecular weight excluding hydrogens is 428 g/mol. The van der Waals surface area contributed by atoms with Gasteiger partial charge in [0, 0.05) is 56.6 Å². The largest absolute Gasteiger partial charge is 0.367 e. The Labute approximate surface area is 191 Å². The quantitative estimate of drug-likeness (QED) is 0.613. The number of amides is 2. The van der Waals surface area contributed by atoms with Gasteiger partial charge in [-0.25, -0.2) is 0 Å².